The number of anilines is 1. The van der Waals surface area contributed by atoms with Gasteiger partial charge in [-0.3, -0.25) is 10.2 Å². The van der Waals surface area contributed by atoms with Crippen LogP contribution in [0.4, 0.5) is 18.9 Å². The summed E-state index contributed by atoms with van der Waals surface area (Å²) in [5.74, 6) is 4.61. The minimum Gasteiger partial charge on any atom is -0.375 e. The number of fused-ring (bicyclic) bond motifs is 1. The predicted molar refractivity (Wildman–Crippen MR) is 96.4 cm³/mol. The summed E-state index contributed by atoms with van der Waals surface area (Å²) in [5, 5.41) is 2.97. The molecule has 5 nitrogen and oxygen atoms in total. The lowest BCUT2D eigenvalue weighted by molar-refractivity contribution is -0.115. The fraction of sp³-hybridized carbons (Fsp3) is 0.412. The zero-order valence-electron chi connectivity index (χ0n) is 14.8. The Bertz CT molecular complexity index is 860. The Balaban J connectivity index is 2.78. The molecule has 0 saturated heterocycles. The second kappa shape index (κ2) is 6.92. The molecule has 0 aliphatic rings. The summed E-state index contributed by atoms with van der Waals surface area (Å²) in [6.07, 6.45) is -4.38. The second-order valence-corrected chi connectivity index (χ2v) is 7.40. The molecule has 2 rings (SSSR count). The van der Waals surface area contributed by atoms with Gasteiger partial charge in [0.25, 0.3) is 5.91 Å². The van der Waals surface area contributed by atoms with Crippen LogP contribution >= 0.6 is 11.6 Å². The highest BCUT2D eigenvalue weighted by atomic mass is 35.5. The molecular formula is C17H20ClF3N4O. The number of benzene rings is 1. The molecule has 0 fully saturated rings. The molecule has 1 aromatic heterocycles. The number of aromatic nitrogens is 1. The Morgan fingerprint density at radius 2 is 1.88 bits per heavy atom. The molecule has 0 aliphatic carbocycles. The van der Waals surface area contributed by atoms with Gasteiger partial charge < -0.3 is 5.32 Å². The molecule has 0 saturated carbocycles. The molecule has 0 unspecified atom stereocenters. The van der Waals surface area contributed by atoms with E-state index in [1.54, 1.807) is 13.0 Å². The molecule has 0 spiro atoms. The maximum Gasteiger partial charge on any atom is 0.405 e. The Morgan fingerprint density at radius 3 is 2.38 bits per heavy atom. The number of carbonyl (C=O) groups excluding carboxylic acids is 1. The number of carbonyl (C=O) groups is 1. The number of pyridine rings is 1. The summed E-state index contributed by atoms with van der Waals surface area (Å²) >= 11 is 6.37. The predicted octanol–water partition coefficient (Wildman–Crippen LogP) is 4.07. The number of halogens is 4. The van der Waals surface area contributed by atoms with E-state index >= 15 is 0 Å². The summed E-state index contributed by atoms with van der Waals surface area (Å²) in [4.78, 5) is 16.2. The maximum absolute atomic E-state index is 12.6. The van der Waals surface area contributed by atoms with Crippen molar-refractivity contribution in [1.82, 2.24) is 10.4 Å². The number of rotatable bonds is 3. The molecule has 1 aromatic carbocycles. The second-order valence-electron chi connectivity index (χ2n) is 7.03. The molecule has 142 valence electrons. The number of amides is 1. The van der Waals surface area contributed by atoms with Crippen LogP contribution in [0.5, 0.6) is 0 Å². The number of nitrogen functional groups attached to an aromatic ring is 1. The third-order valence-corrected chi connectivity index (χ3v) is 4.26. The van der Waals surface area contributed by atoms with E-state index in [4.69, 9.17) is 17.4 Å². The van der Waals surface area contributed by atoms with Crippen molar-refractivity contribution >= 4 is 34.1 Å². The molecule has 0 bridgehead atoms. The first-order chi connectivity index (χ1) is 11.8. The van der Waals surface area contributed by atoms with Gasteiger partial charge in [-0.1, -0.05) is 32.4 Å². The first-order valence-electron chi connectivity index (χ1n) is 7.81. The van der Waals surface area contributed by atoms with Gasteiger partial charge in [0.2, 0.25) is 0 Å². The lowest BCUT2D eigenvalue weighted by atomic mass is 9.84. The molecule has 4 N–H and O–H groups in total. The number of aryl methyl sites for hydroxylation is 1. The van der Waals surface area contributed by atoms with Crippen molar-refractivity contribution in [2.75, 3.05) is 11.9 Å². The van der Waals surface area contributed by atoms with Crippen molar-refractivity contribution in [3.8, 4) is 0 Å². The van der Waals surface area contributed by atoms with Gasteiger partial charge in [-0.05, 0) is 35.6 Å². The average molecular weight is 389 g/mol. The number of hydrogen-bond donors (Lipinski definition) is 3. The molecule has 0 radical (unpaired) electrons. The maximum atomic E-state index is 12.6. The van der Waals surface area contributed by atoms with E-state index in [1.165, 1.54) is 6.07 Å². The van der Waals surface area contributed by atoms with Crippen LogP contribution in [0.1, 0.15) is 42.4 Å². The number of hydrazine groups is 1. The summed E-state index contributed by atoms with van der Waals surface area (Å²) in [5.41, 5.74) is 3.58. The highest BCUT2D eigenvalue weighted by Gasteiger charge is 2.29. The standard InChI is InChI=1S/C17H20ClF3N4O/c1-8-5-11(15(26)25-22)24-14-9(16(2,3)4)6-10(13(18)12(8)14)23-7-17(19,20)21/h5-6,23H,7,22H2,1-4H3,(H,25,26). The van der Waals surface area contributed by atoms with Gasteiger partial charge in [-0.25, -0.2) is 10.8 Å². The SMILES string of the molecule is Cc1cc(C(=O)NN)nc2c(C(C)(C)C)cc(NCC(F)(F)F)c(Cl)c12. The van der Waals surface area contributed by atoms with E-state index in [2.05, 4.69) is 10.3 Å². The van der Waals surface area contributed by atoms with Gasteiger partial charge >= 0.3 is 6.18 Å². The van der Waals surface area contributed by atoms with Gasteiger partial charge in [0, 0.05) is 5.39 Å². The molecule has 2 aromatic rings. The van der Waals surface area contributed by atoms with Crippen molar-refractivity contribution in [3.63, 3.8) is 0 Å². The average Bonchev–Trinajstić information content (AvgIpc) is 2.50. The van der Waals surface area contributed by atoms with Gasteiger partial charge in [-0.2, -0.15) is 13.2 Å². The van der Waals surface area contributed by atoms with Crippen molar-refractivity contribution in [3.05, 3.63) is 34.0 Å². The van der Waals surface area contributed by atoms with E-state index in [-0.39, 0.29) is 16.4 Å². The number of nitrogens with zero attached hydrogens (tertiary/aromatic N) is 1. The van der Waals surface area contributed by atoms with Gasteiger partial charge in [0.15, 0.2) is 0 Å². The molecular weight excluding hydrogens is 369 g/mol. The molecule has 9 heteroatoms. The number of nitrogens with one attached hydrogen (secondary N) is 2. The Morgan fingerprint density at radius 1 is 1.27 bits per heavy atom. The number of hydrogen-bond acceptors (Lipinski definition) is 4. The van der Waals surface area contributed by atoms with Crippen LogP contribution in [0.15, 0.2) is 12.1 Å². The van der Waals surface area contributed by atoms with Gasteiger partial charge in [0.1, 0.15) is 12.2 Å². The Labute approximate surface area is 154 Å². The lowest BCUT2D eigenvalue weighted by Crippen LogP contribution is -2.31. The van der Waals surface area contributed by atoms with E-state index in [9.17, 15) is 18.0 Å². The van der Waals surface area contributed by atoms with Gasteiger partial charge in [-0.15, -0.1) is 0 Å². The normalized spacial score (nSPS) is 12.3. The fourth-order valence-corrected chi connectivity index (χ4v) is 3.00. The lowest BCUT2D eigenvalue weighted by Gasteiger charge is -2.24. The first-order valence-corrected chi connectivity index (χ1v) is 8.19. The van der Waals surface area contributed by atoms with Gasteiger partial charge in [0.05, 0.1) is 16.2 Å². The summed E-state index contributed by atoms with van der Waals surface area (Å²) in [7, 11) is 0. The van der Waals surface area contributed by atoms with Crippen LogP contribution in [0.3, 0.4) is 0 Å². The molecule has 0 aliphatic heterocycles. The summed E-state index contributed by atoms with van der Waals surface area (Å²) in [6.45, 7) is 6.20. The van der Waals surface area contributed by atoms with Crippen molar-refractivity contribution in [2.24, 2.45) is 5.84 Å². The van der Waals surface area contributed by atoms with Crippen LogP contribution < -0.4 is 16.6 Å². The van der Waals surface area contributed by atoms with Crippen molar-refractivity contribution in [1.29, 1.82) is 0 Å². The van der Waals surface area contributed by atoms with Crippen LogP contribution in [0.25, 0.3) is 10.9 Å². The molecule has 1 amide bonds. The zero-order chi connectivity index (χ0) is 19.9. The first kappa shape index (κ1) is 20.3. The fourth-order valence-electron chi connectivity index (χ4n) is 2.64. The topological polar surface area (TPSA) is 80.0 Å². The van der Waals surface area contributed by atoms with Crippen LogP contribution in [-0.4, -0.2) is 23.6 Å². The smallest absolute Gasteiger partial charge is 0.375 e. The van der Waals surface area contributed by atoms with Crippen LogP contribution in [0, 0.1) is 6.92 Å². The van der Waals surface area contributed by atoms with Crippen LogP contribution in [-0.2, 0) is 5.41 Å². The quantitative estimate of drug-likeness (QED) is 0.420. The Hall–Kier alpha value is -2.06. The summed E-state index contributed by atoms with van der Waals surface area (Å²) in [6, 6.07) is 3.05. The molecule has 26 heavy (non-hydrogen) atoms. The van der Waals surface area contributed by atoms with Crippen molar-refractivity contribution < 1.29 is 18.0 Å². The van der Waals surface area contributed by atoms with E-state index in [0.717, 1.165) is 0 Å². The van der Waals surface area contributed by atoms with Crippen molar-refractivity contribution in [2.45, 2.75) is 39.3 Å². The Kier molecular flexibility index (Phi) is 5.39. The minimum atomic E-state index is -4.38. The van der Waals surface area contributed by atoms with E-state index < -0.39 is 24.0 Å². The number of alkyl halides is 3. The summed E-state index contributed by atoms with van der Waals surface area (Å²) < 4.78 is 37.8. The van der Waals surface area contributed by atoms with E-state index in [0.29, 0.717) is 22.0 Å². The molecule has 1 heterocycles. The highest BCUT2D eigenvalue weighted by molar-refractivity contribution is 6.38. The minimum absolute atomic E-state index is 0.107. The zero-order valence-corrected chi connectivity index (χ0v) is 15.6. The highest BCUT2D eigenvalue weighted by Crippen LogP contribution is 2.40. The largest absolute Gasteiger partial charge is 0.405 e. The molecule has 0 atom stereocenters. The number of nitrogens with two attached hydrogens (primary N) is 1. The van der Waals surface area contributed by atoms with E-state index in [1.807, 2.05) is 26.2 Å². The monoisotopic (exact) mass is 388 g/mol. The third kappa shape index (κ3) is 4.19. The third-order valence-electron chi connectivity index (χ3n) is 3.87. The van der Waals surface area contributed by atoms with Crippen LogP contribution in [0.2, 0.25) is 5.02 Å².